The summed E-state index contributed by atoms with van der Waals surface area (Å²) in [6.07, 6.45) is 0. The highest BCUT2D eigenvalue weighted by atomic mass is 35.5. The first-order valence-corrected chi connectivity index (χ1v) is 6.76. The van der Waals surface area contributed by atoms with Crippen molar-refractivity contribution in [3.05, 3.63) is 58.6 Å². The lowest BCUT2D eigenvalue weighted by Gasteiger charge is -2.08. The Bertz CT molecular complexity index is 525. The van der Waals surface area contributed by atoms with Gasteiger partial charge in [0, 0.05) is 21.4 Å². The van der Waals surface area contributed by atoms with E-state index in [9.17, 15) is 0 Å². The molecular weight excluding hydrogens is 250 g/mol. The molecule has 0 aliphatic carbocycles. The Morgan fingerprint density at radius 1 is 1.12 bits per heavy atom. The number of benzene rings is 2. The second-order valence-corrected chi connectivity index (χ2v) is 5.27. The van der Waals surface area contributed by atoms with E-state index < -0.39 is 0 Å². The predicted molar refractivity (Wildman–Crippen MR) is 76.6 cm³/mol. The van der Waals surface area contributed by atoms with Gasteiger partial charge in [-0.3, -0.25) is 0 Å². The molecule has 2 aromatic carbocycles. The molecule has 0 bridgehead atoms. The number of anilines is 1. The molecule has 0 amide bonds. The molecule has 0 saturated heterocycles. The maximum atomic E-state index is 6.12. The van der Waals surface area contributed by atoms with Crippen molar-refractivity contribution in [3.63, 3.8) is 0 Å². The number of hydrogen-bond acceptors (Lipinski definition) is 2. The molecule has 0 atom stereocenters. The van der Waals surface area contributed by atoms with Crippen LogP contribution < -0.4 is 5.73 Å². The largest absolute Gasteiger partial charge is 0.398 e. The van der Waals surface area contributed by atoms with Crippen LogP contribution in [-0.4, -0.2) is 0 Å². The highest BCUT2D eigenvalue weighted by Gasteiger charge is 2.04. The zero-order chi connectivity index (χ0) is 12.3. The lowest BCUT2D eigenvalue weighted by atomic mass is 10.2. The van der Waals surface area contributed by atoms with E-state index in [1.807, 2.05) is 37.3 Å². The van der Waals surface area contributed by atoms with Crippen LogP contribution in [0.25, 0.3) is 0 Å². The second kappa shape index (κ2) is 5.48. The smallest absolute Gasteiger partial charge is 0.0446 e. The van der Waals surface area contributed by atoms with Gasteiger partial charge in [0.1, 0.15) is 0 Å². The molecule has 0 unspecified atom stereocenters. The van der Waals surface area contributed by atoms with E-state index in [2.05, 4.69) is 12.1 Å². The first kappa shape index (κ1) is 12.3. The monoisotopic (exact) mass is 263 g/mol. The summed E-state index contributed by atoms with van der Waals surface area (Å²) >= 11 is 7.89. The Morgan fingerprint density at radius 2 is 1.88 bits per heavy atom. The topological polar surface area (TPSA) is 26.0 Å². The molecule has 1 nitrogen and oxygen atoms in total. The van der Waals surface area contributed by atoms with Gasteiger partial charge in [-0.05, 0) is 36.2 Å². The molecule has 0 aliphatic rings. The van der Waals surface area contributed by atoms with Crippen molar-refractivity contribution in [2.24, 2.45) is 0 Å². The minimum atomic E-state index is 0.821. The molecule has 0 aliphatic heterocycles. The molecule has 0 aromatic heterocycles. The van der Waals surface area contributed by atoms with Crippen molar-refractivity contribution >= 4 is 29.1 Å². The van der Waals surface area contributed by atoms with Gasteiger partial charge in [-0.15, -0.1) is 11.8 Å². The maximum absolute atomic E-state index is 6.12. The fraction of sp³-hybridized carbons (Fsp3) is 0.143. The predicted octanol–water partition coefficient (Wildman–Crippen LogP) is 4.52. The van der Waals surface area contributed by atoms with E-state index >= 15 is 0 Å². The van der Waals surface area contributed by atoms with Crippen molar-refractivity contribution in [2.45, 2.75) is 17.6 Å². The van der Waals surface area contributed by atoms with Crippen LogP contribution >= 0.6 is 23.4 Å². The van der Waals surface area contributed by atoms with Crippen LogP contribution in [0.5, 0.6) is 0 Å². The van der Waals surface area contributed by atoms with Crippen molar-refractivity contribution in [1.82, 2.24) is 0 Å². The summed E-state index contributed by atoms with van der Waals surface area (Å²) in [6, 6.07) is 13.9. The fourth-order valence-electron chi connectivity index (χ4n) is 1.56. The Labute approximate surface area is 111 Å². The SMILES string of the molecule is Cc1c(N)cccc1SCc1ccccc1Cl. The summed E-state index contributed by atoms with van der Waals surface area (Å²) in [5.74, 6) is 0.865. The van der Waals surface area contributed by atoms with Gasteiger partial charge >= 0.3 is 0 Å². The summed E-state index contributed by atoms with van der Waals surface area (Å²) in [4.78, 5) is 1.21. The summed E-state index contributed by atoms with van der Waals surface area (Å²) < 4.78 is 0. The molecule has 17 heavy (non-hydrogen) atoms. The molecule has 88 valence electrons. The van der Waals surface area contributed by atoms with E-state index in [1.165, 1.54) is 4.90 Å². The second-order valence-electron chi connectivity index (χ2n) is 3.85. The van der Waals surface area contributed by atoms with E-state index in [4.69, 9.17) is 17.3 Å². The van der Waals surface area contributed by atoms with Crippen LogP contribution in [0.1, 0.15) is 11.1 Å². The fourth-order valence-corrected chi connectivity index (χ4v) is 2.91. The lowest BCUT2D eigenvalue weighted by molar-refractivity contribution is 1.29. The highest BCUT2D eigenvalue weighted by Crippen LogP contribution is 2.30. The van der Waals surface area contributed by atoms with Gasteiger partial charge in [0.15, 0.2) is 0 Å². The van der Waals surface area contributed by atoms with Crippen molar-refractivity contribution in [3.8, 4) is 0 Å². The summed E-state index contributed by atoms with van der Waals surface area (Å²) in [7, 11) is 0. The molecule has 0 heterocycles. The number of halogens is 1. The van der Waals surface area contributed by atoms with Gasteiger partial charge in [-0.25, -0.2) is 0 Å². The first-order valence-electron chi connectivity index (χ1n) is 5.40. The molecule has 2 N–H and O–H groups in total. The van der Waals surface area contributed by atoms with E-state index in [1.54, 1.807) is 11.8 Å². The van der Waals surface area contributed by atoms with Gasteiger partial charge in [-0.2, -0.15) is 0 Å². The molecule has 2 aromatic rings. The van der Waals surface area contributed by atoms with Gasteiger partial charge in [0.05, 0.1) is 0 Å². The van der Waals surface area contributed by atoms with Gasteiger partial charge < -0.3 is 5.73 Å². The third kappa shape index (κ3) is 2.96. The molecule has 2 rings (SSSR count). The van der Waals surface area contributed by atoms with Crippen LogP contribution in [0.15, 0.2) is 47.4 Å². The zero-order valence-corrected chi connectivity index (χ0v) is 11.2. The molecule has 0 spiro atoms. The minimum Gasteiger partial charge on any atom is -0.398 e. The average Bonchev–Trinajstić information content (AvgIpc) is 2.33. The number of nitrogens with two attached hydrogens (primary N) is 1. The molecule has 0 fully saturated rings. The van der Waals surface area contributed by atoms with Crippen molar-refractivity contribution < 1.29 is 0 Å². The molecule has 3 heteroatoms. The zero-order valence-electron chi connectivity index (χ0n) is 9.61. The standard InChI is InChI=1S/C14H14ClNS/c1-10-13(16)7-4-8-14(10)17-9-11-5-2-3-6-12(11)15/h2-8H,9,16H2,1H3. The first-order chi connectivity index (χ1) is 8.18. The molecule has 0 radical (unpaired) electrons. The number of thioether (sulfide) groups is 1. The summed E-state index contributed by atoms with van der Waals surface area (Å²) in [5, 5.41) is 0.821. The Balaban J connectivity index is 2.13. The summed E-state index contributed by atoms with van der Waals surface area (Å²) in [5.41, 5.74) is 9.02. The van der Waals surface area contributed by atoms with Crippen LogP contribution in [-0.2, 0) is 5.75 Å². The third-order valence-corrected chi connectivity index (χ3v) is 4.24. The minimum absolute atomic E-state index is 0.821. The van der Waals surface area contributed by atoms with Crippen molar-refractivity contribution in [2.75, 3.05) is 5.73 Å². The Morgan fingerprint density at radius 3 is 2.65 bits per heavy atom. The third-order valence-electron chi connectivity index (χ3n) is 2.67. The van der Waals surface area contributed by atoms with Gasteiger partial charge in [0.2, 0.25) is 0 Å². The number of nitrogen functional groups attached to an aromatic ring is 1. The van der Waals surface area contributed by atoms with Crippen LogP contribution in [0.4, 0.5) is 5.69 Å². The maximum Gasteiger partial charge on any atom is 0.0446 e. The van der Waals surface area contributed by atoms with Crippen LogP contribution in [0, 0.1) is 6.92 Å². The van der Waals surface area contributed by atoms with E-state index in [-0.39, 0.29) is 0 Å². The summed E-state index contributed by atoms with van der Waals surface area (Å²) in [6.45, 7) is 2.05. The van der Waals surface area contributed by atoms with E-state index in [0.29, 0.717) is 0 Å². The molecule has 0 saturated carbocycles. The lowest BCUT2D eigenvalue weighted by Crippen LogP contribution is -1.91. The quantitative estimate of drug-likeness (QED) is 0.651. The average molecular weight is 264 g/mol. The van der Waals surface area contributed by atoms with Crippen LogP contribution in [0.3, 0.4) is 0 Å². The Hall–Kier alpha value is -1.12. The van der Waals surface area contributed by atoms with Crippen molar-refractivity contribution in [1.29, 1.82) is 0 Å². The Kier molecular flexibility index (Phi) is 3.97. The number of rotatable bonds is 3. The van der Waals surface area contributed by atoms with Gasteiger partial charge in [-0.1, -0.05) is 35.9 Å². The van der Waals surface area contributed by atoms with Gasteiger partial charge in [0.25, 0.3) is 0 Å². The molecular formula is C14H14ClNS. The van der Waals surface area contributed by atoms with Crippen LogP contribution in [0.2, 0.25) is 5.02 Å². The highest BCUT2D eigenvalue weighted by molar-refractivity contribution is 7.98. The number of hydrogen-bond donors (Lipinski definition) is 1. The normalized spacial score (nSPS) is 10.5. The van der Waals surface area contributed by atoms with E-state index in [0.717, 1.165) is 27.6 Å².